The first-order valence-electron chi connectivity index (χ1n) is 39.2. The molecule has 15 N–H and O–H groups in total. The molecule has 8 atom stereocenters. The monoisotopic (exact) mass is 2010 g/mol. The van der Waals surface area contributed by atoms with Crippen molar-refractivity contribution in [2.75, 3.05) is 116 Å². The van der Waals surface area contributed by atoms with Gasteiger partial charge >= 0.3 is 29.2 Å². The number of carbonyl (C=O) groups excluding carboxylic acids is 2. The SMILES string of the molecule is CN1C(=CC=C(C=CC2=[N+](C)c3ccc4c(S(=O)(=O)O)cc(S(=O)(=O)O)cc4c3C2(C)CCCS(=O)(=O)O)c2ccc(CCCCC(=O)NCCOCCOCCOCCOCCOCCC(=O)NC/C=C/c3cn([C@@H]4O[C@H](COP(=O)(O)OP(=O)(O)OP(=O)(O)O)[C@@H](O)[C@H]4O)c(=O)[nH]c3=O)cc2)C(C)(CCCS(=O)(=O)O)c2c1ccc1c(S(=O)(=O)O)cc(S(=O)(=O)O)cc21. The molecule has 4 unspecified atom stereocenters. The van der Waals surface area contributed by atoms with Crippen molar-refractivity contribution in [1.82, 2.24) is 20.2 Å². The Balaban J connectivity index is 0.737. The summed E-state index contributed by atoms with van der Waals surface area (Å²) < 4.78 is 295. The summed E-state index contributed by atoms with van der Waals surface area (Å²) in [6.07, 6.45) is 3.69. The molecule has 1 aromatic heterocycles. The Morgan fingerprint density at radius 3 is 1.65 bits per heavy atom. The average Bonchev–Trinajstić information content (AvgIpc) is 1.56. The lowest BCUT2D eigenvalue weighted by molar-refractivity contribution is -0.401. The highest BCUT2D eigenvalue weighted by atomic mass is 32.2. The lowest BCUT2D eigenvalue weighted by Gasteiger charge is -2.29. The number of phosphoric ester groups is 1. The van der Waals surface area contributed by atoms with Crippen LogP contribution in [0.3, 0.4) is 0 Å². The number of aliphatic hydroxyl groups is 2. The van der Waals surface area contributed by atoms with E-state index in [0.717, 1.165) is 23.9 Å². The second kappa shape index (κ2) is 43.7. The summed E-state index contributed by atoms with van der Waals surface area (Å²) in [6, 6.07) is 16.1. The molecule has 0 radical (unpaired) electrons. The predicted octanol–water partition coefficient (Wildman–Crippen LogP) is 4.18. The topological polar surface area (TPSA) is 701 Å². The Kier molecular flexibility index (Phi) is 35.6. The molecule has 3 aliphatic heterocycles. The van der Waals surface area contributed by atoms with E-state index in [1.165, 1.54) is 36.4 Å². The number of likely N-dealkylation sites (N-methyl/N-ethyl adjacent to an activating group) is 1. The van der Waals surface area contributed by atoms with Gasteiger partial charge in [-0.25, -0.2) is 18.5 Å². The number of unbranched alkanes of at least 4 members (excludes halogenated alkanes) is 1. The van der Waals surface area contributed by atoms with Crippen LogP contribution in [-0.4, -0.2) is 269 Å². The minimum Gasteiger partial charge on any atom is -0.387 e. The summed E-state index contributed by atoms with van der Waals surface area (Å²) in [5.74, 6) is -2.17. The van der Waals surface area contributed by atoms with E-state index >= 15 is 0 Å². The summed E-state index contributed by atoms with van der Waals surface area (Å²) >= 11 is 0. The van der Waals surface area contributed by atoms with Crippen molar-refractivity contribution >= 4 is 146 Å². The van der Waals surface area contributed by atoms with Gasteiger partial charge < -0.3 is 73.7 Å². The van der Waals surface area contributed by atoms with Gasteiger partial charge in [0.1, 0.15) is 35.2 Å². The van der Waals surface area contributed by atoms with Gasteiger partial charge in [-0.15, -0.1) is 0 Å². The fourth-order valence-electron chi connectivity index (χ4n) is 15.1. The highest BCUT2D eigenvalue weighted by Crippen LogP contribution is 2.66. The maximum absolute atomic E-state index is 12.9. The standard InChI is InChI=1S/C75H97N6O40P3S6/c1-74(26-8-40-125(95,96)97)63(79(3)58-21-19-54-56(67(58)74)42-52(127(101,102)103)44-61(54)129(107,108)109)23-17-50(18-24-64-75(2,27-9-41-126(98,99)100)68-57-43-53(128(104,105)106)45-62(130(110,111)112)55(57)20-22-59(68)80(64)4)49-15-13-48(14-16-49)10-5-6-12-65(82)77-29-31-114-33-35-116-37-39-117-38-36-115-34-32-113-30-25-66(83)76-28-7-11-51-46-81(73(87)78-71(51)86)72-70(85)69(84)60(119-72)47-118-123(91,92)121-124(93,94)120-122(88,89)90/h7,11,13-24,42-46,60,69-70,72,84-85H,5-6,8-10,12,25-41,47H2,1-4H3,(H12-,76,77,78,82,83,86,87,88,89,90,91,92,93,94,95,96,97,98,99,100,101,102,103,104,105,106,107,108,109,110,111,112)/p+1/b11-7+/t60-,69-,70-,72-,74?,75?/m1/s1. The van der Waals surface area contributed by atoms with Crippen LogP contribution in [0.5, 0.6) is 0 Å². The zero-order valence-electron chi connectivity index (χ0n) is 69.7. The molecule has 9 rings (SSSR count). The highest BCUT2D eigenvalue weighted by Gasteiger charge is 2.51. The fourth-order valence-corrected chi connectivity index (χ4v) is 21.9. The molecule has 1 saturated heterocycles. The van der Waals surface area contributed by atoms with Crippen LogP contribution >= 0.6 is 23.5 Å². The third kappa shape index (κ3) is 28.9. The third-order valence-corrected chi connectivity index (χ3v) is 29.9. The second-order valence-electron chi connectivity index (χ2n) is 30.3. The van der Waals surface area contributed by atoms with Crippen LogP contribution in [0.2, 0.25) is 0 Å². The molecule has 5 aromatic carbocycles. The average molecular weight is 2010 g/mol. The summed E-state index contributed by atoms with van der Waals surface area (Å²) in [5.41, 5.74) is -1.38. The van der Waals surface area contributed by atoms with E-state index in [0.29, 0.717) is 69.9 Å². The molecule has 3 aliphatic rings. The molecule has 1 fully saturated rings. The van der Waals surface area contributed by atoms with Crippen LogP contribution in [0.1, 0.15) is 99.3 Å². The zero-order valence-corrected chi connectivity index (χ0v) is 77.3. The van der Waals surface area contributed by atoms with Crippen LogP contribution in [0.15, 0.2) is 144 Å². The number of aliphatic hydroxyl groups excluding tert-OH is 2. The first-order chi connectivity index (χ1) is 60.4. The lowest BCUT2D eigenvalue weighted by atomic mass is 9.74. The van der Waals surface area contributed by atoms with Crippen molar-refractivity contribution < 1.29 is 177 Å². The Bertz CT molecular complexity index is 6420. The molecule has 0 saturated carbocycles. The number of anilines is 1. The summed E-state index contributed by atoms with van der Waals surface area (Å²) in [5, 5.41) is 26.0. The molecule has 6 aromatic rings. The van der Waals surface area contributed by atoms with E-state index in [2.05, 4.69) is 23.8 Å². The lowest BCUT2D eigenvalue weighted by Crippen LogP contribution is -2.38. The number of nitrogens with zero attached hydrogens (tertiary/aromatic N) is 3. The minimum atomic E-state index is -5.88. The molecule has 130 heavy (non-hydrogen) atoms. The largest absolute Gasteiger partial charge is 0.490 e. The number of benzene rings is 5. The number of nitrogens with one attached hydrogen (secondary N) is 3. The molecule has 718 valence electrons. The minimum absolute atomic E-state index is 0.0235. The van der Waals surface area contributed by atoms with E-state index < -0.39 is 174 Å². The van der Waals surface area contributed by atoms with Gasteiger partial charge in [0.2, 0.25) is 17.5 Å². The number of hydrogen-bond acceptors (Lipinski definition) is 31. The molecule has 0 spiro atoms. The van der Waals surface area contributed by atoms with E-state index in [1.807, 2.05) is 17.1 Å². The van der Waals surface area contributed by atoms with Crippen molar-refractivity contribution in [3.05, 3.63) is 164 Å². The number of aromatic nitrogens is 2. The molecular formula is C75H98N6O40P3S6+. The molecule has 55 heteroatoms. The van der Waals surface area contributed by atoms with Gasteiger partial charge in [0.15, 0.2) is 11.9 Å². The van der Waals surface area contributed by atoms with Gasteiger partial charge in [-0.1, -0.05) is 48.6 Å². The van der Waals surface area contributed by atoms with Crippen molar-refractivity contribution in [3.8, 4) is 0 Å². The van der Waals surface area contributed by atoms with Gasteiger partial charge in [0.05, 0.1) is 105 Å². The van der Waals surface area contributed by atoms with E-state index in [4.69, 9.17) is 38.2 Å². The second-order valence-corrected chi connectivity index (χ2v) is 43.5. The number of ether oxygens (including phenoxy) is 6. The Morgan fingerprint density at radius 1 is 0.592 bits per heavy atom. The smallest absolute Gasteiger partial charge is 0.387 e. The first kappa shape index (κ1) is 106. The number of carbonyl (C=O) groups is 2. The number of amides is 2. The van der Waals surface area contributed by atoms with Crippen molar-refractivity contribution in [2.45, 2.75) is 127 Å². The van der Waals surface area contributed by atoms with E-state index in [9.17, 15) is 131 Å². The number of aromatic amines is 1. The predicted molar refractivity (Wildman–Crippen MR) is 462 cm³/mol. The number of allylic oxidation sites excluding steroid dienone is 6. The third-order valence-electron chi connectivity index (χ3n) is 21.0. The summed E-state index contributed by atoms with van der Waals surface area (Å²) in [4.78, 5) is 87.1. The van der Waals surface area contributed by atoms with Crippen LogP contribution in [0.4, 0.5) is 11.4 Å². The van der Waals surface area contributed by atoms with Crippen LogP contribution in [0, 0.1) is 0 Å². The maximum Gasteiger partial charge on any atom is 0.490 e. The number of aryl methyl sites for hydroxylation is 1. The Hall–Kier alpha value is -7.78. The number of H-pyrrole nitrogens is 1. The van der Waals surface area contributed by atoms with Crippen LogP contribution in [0.25, 0.3) is 33.2 Å². The molecular weight excluding hydrogens is 1910 g/mol. The highest BCUT2D eigenvalue weighted by molar-refractivity contribution is 7.87. The van der Waals surface area contributed by atoms with E-state index in [-0.39, 0.29) is 162 Å². The van der Waals surface area contributed by atoms with E-state index in [1.54, 1.807) is 73.9 Å². The van der Waals surface area contributed by atoms with Gasteiger partial charge in [0.25, 0.3) is 66.3 Å². The Morgan fingerprint density at radius 2 is 1.12 bits per heavy atom. The number of hydrogen-bond donors (Lipinski definition) is 15. The molecule has 0 bridgehead atoms. The summed E-state index contributed by atoms with van der Waals surface area (Å²) in [6.45, 7) is 4.23. The van der Waals surface area contributed by atoms with Gasteiger partial charge in [0, 0.05) is 84.5 Å². The van der Waals surface area contributed by atoms with Crippen molar-refractivity contribution in [2.24, 2.45) is 0 Å². The van der Waals surface area contributed by atoms with Crippen molar-refractivity contribution in [1.29, 1.82) is 0 Å². The van der Waals surface area contributed by atoms with Gasteiger partial charge in [-0.2, -0.15) is 63.7 Å². The normalized spacial score (nSPS) is 20.3. The van der Waals surface area contributed by atoms with Gasteiger partial charge in [-0.05, 0) is 140 Å². The molecule has 0 aliphatic carbocycles. The van der Waals surface area contributed by atoms with Crippen molar-refractivity contribution in [3.63, 3.8) is 0 Å². The molecule has 46 nitrogen and oxygen atoms in total. The number of phosphoric acid groups is 3. The first-order valence-corrected chi connectivity index (χ1v) is 52.7. The quantitative estimate of drug-likeness (QED) is 0.00837. The molecule has 2 amide bonds. The van der Waals surface area contributed by atoms with Crippen LogP contribution in [-0.2, 0) is 143 Å². The number of fused-ring (bicyclic) bond motifs is 6. The molecule has 4 heterocycles. The van der Waals surface area contributed by atoms with Gasteiger partial charge in [-0.3, -0.25) is 55.8 Å². The fraction of sp³-hybridized carbons (Fsp3) is 0.453. The number of rotatable bonds is 50. The van der Waals surface area contributed by atoms with Crippen LogP contribution < -0.4 is 26.8 Å². The summed E-state index contributed by atoms with van der Waals surface area (Å²) in [7, 11) is -43.9. The zero-order chi connectivity index (χ0) is 96.1. The maximum atomic E-state index is 12.9. The Labute approximate surface area is 745 Å².